The van der Waals surface area contributed by atoms with Crippen molar-refractivity contribution in [2.45, 2.75) is 6.61 Å². The number of nitrogens with one attached hydrogen (secondary N) is 1. The van der Waals surface area contributed by atoms with E-state index in [0.717, 1.165) is 5.69 Å². The minimum atomic E-state index is 0.678. The highest BCUT2D eigenvalue weighted by atomic mass is 31.0. The lowest BCUT2D eigenvalue weighted by molar-refractivity contribution is 0.185. The second-order valence-electron chi connectivity index (χ2n) is 2.27. The Balaban J connectivity index is 2.66. The maximum absolute atomic E-state index is 4.98. The van der Waals surface area contributed by atoms with Gasteiger partial charge >= 0.3 is 0 Å². The van der Waals surface area contributed by atoms with E-state index in [2.05, 4.69) is 14.5 Å². The highest BCUT2D eigenvalue weighted by molar-refractivity contribution is 7.18. The van der Waals surface area contributed by atoms with Gasteiger partial charge in [0, 0.05) is 12.8 Å². The zero-order chi connectivity index (χ0) is 8.10. The third-order valence-corrected chi connectivity index (χ3v) is 1.76. The summed E-state index contributed by atoms with van der Waals surface area (Å²) in [5, 5.41) is 2.97. The van der Waals surface area contributed by atoms with Crippen LogP contribution in [0.2, 0.25) is 0 Å². The van der Waals surface area contributed by atoms with Crippen molar-refractivity contribution in [1.29, 1.82) is 0 Å². The van der Waals surface area contributed by atoms with Gasteiger partial charge in [-0.05, 0) is 27.1 Å². The van der Waals surface area contributed by atoms with Gasteiger partial charge in [0.1, 0.15) is 0 Å². The summed E-state index contributed by atoms with van der Waals surface area (Å²) < 4.78 is 4.98. The van der Waals surface area contributed by atoms with Gasteiger partial charge in [0.25, 0.3) is 0 Å². The Kier molecular flexibility index (Phi) is 3.34. The van der Waals surface area contributed by atoms with Crippen molar-refractivity contribution >= 4 is 15.1 Å². The van der Waals surface area contributed by atoms with E-state index in [9.17, 15) is 0 Å². The Labute approximate surface area is 69.2 Å². The molecule has 0 radical (unpaired) electrons. The molecule has 0 bridgehead atoms. The number of ether oxygens (including phenoxy) is 1. The first kappa shape index (κ1) is 8.51. The fourth-order valence-electron chi connectivity index (χ4n) is 0.864. The molecule has 0 saturated carbocycles. The lowest BCUT2D eigenvalue weighted by atomic mass is 10.2. The van der Waals surface area contributed by atoms with E-state index in [1.807, 2.05) is 24.3 Å². The van der Waals surface area contributed by atoms with Crippen LogP contribution < -0.4 is 5.09 Å². The molecule has 0 aliphatic heterocycles. The predicted molar refractivity (Wildman–Crippen MR) is 50.5 cm³/mol. The van der Waals surface area contributed by atoms with Gasteiger partial charge in [0.15, 0.2) is 0 Å². The predicted octanol–water partition coefficient (Wildman–Crippen LogP) is 2.03. The van der Waals surface area contributed by atoms with Gasteiger partial charge in [0.2, 0.25) is 0 Å². The maximum atomic E-state index is 4.98. The van der Waals surface area contributed by atoms with Crippen molar-refractivity contribution < 1.29 is 4.74 Å². The normalized spacial score (nSPS) is 9.64. The van der Waals surface area contributed by atoms with Crippen molar-refractivity contribution in [1.82, 2.24) is 0 Å². The van der Waals surface area contributed by atoms with Gasteiger partial charge < -0.3 is 9.82 Å². The van der Waals surface area contributed by atoms with Crippen LogP contribution in [0.1, 0.15) is 5.56 Å². The first-order chi connectivity index (χ1) is 5.36. The molecular weight excluding hydrogens is 157 g/mol. The first-order valence-electron chi connectivity index (χ1n) is 3.41. The highest BCUT2D eigenvalue weighted by Crippen LogP contribution is 2.11. The fourth-order valence-corrected chi connectivity index (χ4v) is 1.06. The minimum Gasteiger partial charge on any atom is -0.380 e. The summed E-state index contributed by atoms with van der Waals surface area (Å²) >= 11 is 0. The molecule has 1 aromatic carbocycles. The van der Waals surface area contributed by atoms with Crippen molar-refractivity contribution in [3.63, 3.8) is 0 Å². The second kappa shape index (κ2) is 4.32. The lowest BCUT2D eigenvalue weighted by Crippen LogP contribution is -1.86. The van der Waals surface area contributed by atoms with Crippen molar-refractivity contribution in [2.24, 2.45) is 0 Å². The van der Waals surface area contributed by atoms with Crippen LogP contribution in [0.15, 0.2) is 24.3 Å². The van der Waals surface area contributed by atoms with Crippen LogP contribution in [0.5, 0.6) is 0 Å². The molecule has 1 aromatic rings. The fraction of sp³-hybridized carbons (Fsp3) is 0.250. The van der Waals surface area contributed by atoms with Gasteiger partial charge in [-0.3, -0.25) is 0 Å². The molecule has 11 heavy (non-hydrogen) atoms. The zero-order valence-electron chi connectivity index (χ0n) is 6.50. The third kappa shape index (κ3) is 2.49. The highest BCUT2D eigenvalue weighted by Gasteiger charge is 1.90. The standard InChI is InChI=1S/C8H12NOP/c1-10-6-7-2-4-8(9-11)5-3-7/h2-5,9H,6,11H2,1H3. The quantitative estimate of drug-likeness (QED) is 0.699. The Morgan fingerprint density at radius 3 is 2.45 bits per heavy atom. The summed E-state index contributed by atoms with van der Waals surface area (Å²) in [7, 11) is 4.15. The number of rotatable bonds is 3. The van der Waals surface area contributed by atoms with E-state index >= 15 is 0 Å². The molecule has 0 amide bonds. The average molecular weight is 169 g/mol. The monoisotopic (exact) mass is 169 g/mol. The molecule has 2 nitrogen and oxygen atoms in total. The van der Waals surface area contributed by atoms with E-state index < -0.39 is 0 Å². The van der Waals surface area contributed by atoms with E-state index in [4.69, 9.17) is 4.74 Å². The van der Waals surface area contributed by atoms with Crippen LogP contribution in [-0.2, 0) is 11.3 Å². The lowest BCUT2D eigenvalue weighted by Gasteiger charge is -2.01. The molecule has 0 saturated heterocycles. The molecule has 1 N–H and O–H groups in total. The van der Waals surface area contributed by atoms with E-state index in [1.54, 1.807) is 7.11 Å². The van der Waals surface area contributed by atoms with Crippen LogP contribution in [0.25, 0.3) is 0 Å². The molecule has 3 heteroatoms. The molecule has 0 fully saturated rings. The van der Waals surface area contributed by atoms with E-state index in [1.165, 1.54) is 5.56 Å². The number of hydrogen-bond donors (Lipinski definition) is 1. The smallest absolute Gasteiger partial charge is 0.0713 e. The van der Waals surface area contributed by atoms with Gasteiger partial charge in [-0.25, -0.2) is 0 Å². The summed E-state index contributed by atoms with van der Waals surface area (Å²) in [5.74, 6) is 0. The molecule has 0 spiro atoms. The van der Waals surface area contributed by atoms with Crippen molar-refractivity contribution in [3.8, 4) is 0 Å². The number of methoxy groups -OCH3 is 1. The molecule has 1 rings (SSSR count). The van der Waals surface area contributed by atoms with Gasteiger partial charge in [-0.1, -0.05) is 12.1 Å². The number of hydrogen-bond acceptors (Lipinski definition) is 2. The Morgan fingerprint density at radius 1 is 1.36 bits per heavy atom. The summed E-state index contributed by atoms with van der Waals surface area (Å²) in [6.07, 6.45) is 0. The molecule has 1 atom stereocenters. The molecule has 60 valence electrons. The average Bonchev–Trinajstić information content (AvgIpc) is 2.07. The van der Waals surface area contributed by atoms with Crippen LogP contribution in [0, 0.1) is 0 Å². The van der Waals surface area contributed by atoms with Crippen LogP contribution in [0.3, 0.4) is 0 Å². The Bertz CT molecular complexity index is 210. The van der Waals surface area contributed by atoms with E-state index in [0.29, 0.717) is 6.61 Å². The summed E-state index contributed by atoms with van der Waals surface area (Å²) in [6, 6.07) is 8.11. The molecule has 0 aliphatic carbocycles. The zero-order valence-corrected chi connectivity index (χ0v) is 7.66. The molecule has 1 unspecified atom stereocenters. The third-order valence-electron chi connectivity index (χ3n) is 1.43. The molecule has 0 aromatic heterocycles. The van der Waals surface area contributed by atoms with Crippen molar-refractivity contribution in [3.05, 3.63) is 29.8 Å². The number of benzene rings is 1. The SMILES string of the molecule is COCc1ccc(NP)cc1. The van der Waals surface area contributed by atoms with Crippen LogP contribution in [0.4, 0.5) is 5.69 Å². The van der Waals surface area contributed by atoms with Gasteiger partial charge in [-0.2, -0.15) is 0 Å². The van der Waals surface area contributed by atoms with Crippen LogP contribution >= 0.6 is 9.39 Å². The topological polar surface area (TPSA) is 21.3 Å². The summed E-state index contributed by atoms with van der Waals surface area (Å²) in [4.78, 5) is 0. The summed E-state index contributed by atoms with van der Waals surface area (Å²) in [5.41, 5.74) is 2.28. The Hall–Kier alpha value is -0.590. The number of anilines is 1. The minimum absolute atomic E-state index is 0.678. The molecule has 0 aliphatic rings. The second-order valence-corrected chi connectivity index (χ2v) is 2.56. The van der Waals surface area contributed by atoms with Gasteiger partial charge in [-0.15, -0.1) is 0 Å². The Morgan fingerprint density at radius 2 is 2.00 bits per heavy atom. The summed E-state index contributed by atoms with van der Waals surface area (Å²) in [6.45, 7) is 0.678. The maximum Gasteiger partial charge on any atom is 0.0713 e. The van der Waals surface area contributed by atoms with Gasteiger partial charge in [0.05, 0.1) is 6.61 Å². The van der Waals surface area contributed by atoms with Crippen LogP contribution in [-0.4, -0.2) is 7.11 Å². The molecular formula is C8H12NOP. The van der Waals surface area contributed by atoms with E-state index in [-0.39, 0.29) is 0 Å². The van der Waals surface area contributed by atoms with Crippen molar-refractivity contribution in [2.75, 3.05) is 12.2 Å². The first-order valence-corrected chi connectivity index (χ1v) is 3.99. The largest absolute Gasteiger partial charge is 0.380 e. The molecule has 0 heterocycles.